The summed E-state index contributed by atoms with van der Waals surface area (Å²) >= 11 is 0. The summed E-state index contributed by atoms with van der Waals surface area (Å²) in [4.78, 5) is 12.2. The van der Waals surface area contributed by atoms with Crippen LogP contribution in [-0.2, 0) is 46.6 Å². The number of carbonyl (C=O) groups excluding carboxylic acids is 1. The van der Waals surface area contributed by atoms with E-state index >= 15 is 0 Å². The molecule has 2 aliphatic heterocycles. The van der Waals surface area contributed by atoms with Crippen LogP contribution < -0.4 is 0 Å². The summed E-state index contributed by atoms with van der Waals surface area (Å²) in [6, 6.07) is 16.9. The number of hydrogen-bond donors (Lipinski definition) is 0. The number of sulfone groups is 1. The van der Waals surface area contributed by atoms with Crippen LogP contribution >= 0.6 is 0 Å². The summed E-state index contributed by atoms with van der Waals surface area (Å²) in [6.07, 6.45) is 0.163. The number of fused-ring (bicyclic) bond motifs is 3. The lowest BCUT2D eigenvalue weighted by atomic mass is 9.91. The van der Waals surface area contributed by atoms with Gasteiger partial charge in [-0.05, 0) is 75.6 Å². The van der Waals surface area contributed by atoms with E-state index < -0.39 is 26.1 Å². The molecule has 2 aliphatic rings. The van der Waals surface area contributed by atoms with Gasteiger partial charge in [-0.2, -0.15) is 8.42 Å². The van der Waals surface area contributed by atoms with Gasteiger partial charge in [-0.1, -0.05) is 48.9 Å². The summed E-state index contributed by atoms with van der Waals surface area (Å²) in [5.74, 6) is -0.316. The number of aryl methyl sites for hydroxylation is 2. The number of ether oxygens (including phenoxy) is 2. The van der Waals surface area contributed by atoms with E-state index in [0.29, 0.717) is 23.5 Å². The molecule has 0 N–H and O–H groups in total. The molecule has 216 valence electrons. The zero-order valence-electron chi connectivity index (χ0n) is 22.3. The molecule has 3 aromatic carbocycles. The summed E-state index contributed by atoms with van der Waals surface area (Å²) < 4.78 is 64.1. The number of cyclic esters (lactones) is 1. The molecule has 1 unspecified atom stereocenters. The van der Waals surface area contributed by atoms with Crippen molar-refractivity contribution in [2.45, 2.75) is 69.3 Å². The Morgan fingerprint density at radius 3 is 2.00 bits per heavy atom. The fraction of sp³-hybridized carbons (Fsp3) is 0.367. The Balaban J connectivity index is 0.000000268. The molecule has 0 amide bonds. The molecule has 10 heteroatoms. The Hall–Kier alpha value is -3.05. The average molecular weight is 589 g/mol. The van der Waals surface area contributed by atoms with Crippen molar-refractivity contribution in [1.82, 2.24) is 0 Å². The van der Waals surface area contributed by atoms with Crippen LogP contribution in [0.5, 0.6) is 0 Å². The van der Waals surface area contributed by atoms with E-state index in [4.69, 9.17) is 13.7 Å². The number of benzene rings is 3. The minimum absolute atomic E-state index is 0. The van der Waals surface area contributed by atoms with E-state index in [1.807, 2.05) is 26.0 Å². The summed E-state index contributed by atoms with van der Waals surface area (Å²) in [5.41, 5.74) is 5.36. The number of carbonyl (C=O) groups is 1. The lowest BCUT2D eigenvalue weighted by molar-refractivity contribution is 0.0114. The zero-order valence-corrected chi connectivity index (χ0v) is 24.0. The van der Waals surface area contributed by atoms with Gasteiger partial charge >= 0.3 is 5.97 Å². The van der Waals surface area contributed by atoms with Crippen molar-refractivity contribution in [2.75, 3.05) is 13.2 Å². The molecule has 40 heavy (non-hydrogen) atoms. The largest absolute Gasteiger partial charge is 0.457 e. The molecule has 2 heterocycles. The molecule has 8 nitrogen and oxygen atoms in total. The van der Waals surface area contributed by atoms with E-state index in [1.165, 1.54) is 12.1 Å². The highest BCUT2D eigenvalue weighted by atomic mass is 32.2. The third-order valence-corrected chi connectivity index (χ3v) is 10.2. The highest BCUT2D eigenvalue weighted by molar-refractivity contribution is 7.92. The molecule has 0 saturated carbocycles. The standard InChI is InChI=1S/C19H18O6S.C10H14O2S.CH4/c1-12-2-4-13(5-3-12)26(21,22)25-11-18-15-6-7-16-17(10-24-19(16)20)14(15)8-9-23-18;1-8(2)13(11,12)10-6-4-9(3)5-7-10;/h2-7,18H,8-11H2,1H3;4-8H,1-3H3;1H4. The van der Waals surface area contributed by atoms with Gasteiger partial charge in [0.2, 0.25) is 0 Å². The first kappa shape index (κ1) is 31.5. The van der Waals surface area contributed by atoms with Crippen LogP contribution in [-0.4, -0.2) is 41.3 Å². The molecule has 1 atom stereocenters. The Labute approximate surface area is 237 Å². The van der Waals surface area contributed by atoms with Gasteiger partial charge in [0, 0.05) is 5.56 Å². The second-order valence-corrected chi connectivity index (χ2v) is 13.9. The summed E-state index contributed by atoms with van der Waals surface area (Å²) in [6.45, 7) is 7.78. The fourth-order valence-corrected chi connectivity index (χ4v) is 6.30. The van der Waals surface area contributed by atoms with Gasteiger partial charge in [0.25, 0.3) is 10.1 Å². The quantitative estimate of drug-likeness (QED) is 0.274. The maximum absolute atomic E-state index is 12.4. The monoisotopic (exact) mass is 588 g/mol. The van der Waals surface area contributed by atoms with Crippen molar-refractivity contribution in [3.05, 3.63) is 94.0 Å². The van der Waals surface area contributed by atoms with Gasteiger partial charge in [-0.25, -0.2) is 13.2 Å². The van der Waals surface area contributed by atoms with Gasteiger partial charge < -0.3 is 9.47 Å². The minimum atomic E-state index is -3.86. The highest BCUT2D eigenvalue weighted by Gasteiger charge is 2.31. The van der Waals surface area contributed by atoms with Gasteiger partial charge in [-0.15, -0.1) is 0 Å². The first-order valence-corrected chi connectivity index (χ1v) is 15.6. The van der Waals surface area contributed by atoms with Crippen molar-refractivity contribution in [2.24, 2.45) is 0 Å². The van der Waals surface area contributed by atoms with Gasteiger partial charge in [0.1, 0.15) is 12.7 Å². The third-order valence-electron chi connectivity index (χ3n) is 6.71. The van der Waals surface area contributed by atoms with E-state index in [0.717, 1.165) is 27.8 Å². The first-order valence-electron chi connectivity index (χ1n) is 12.6. The van der Waals surface area contributed by atoms with Crippen LogP contribution in [0, 0.1) is 13.8 Å². The number of rotatable bonds is 6. The van der Waals surface area contributed by atoms with Crippen LogP contribution in [0.25, 0.3) is 0 Å². The maximum atomic E-state index is 12.4. The zero-order chi connectivity index (χ0) is 28.4. The van der Waals surface area contributed by atoms with Gasteiger partial charge in [0.15, 0.2) is 9.84 Å². The minimum Gasteiger partial charge on any atom is -0.457 e. The predicted octanol–water partition coefficient (Wildman–Crippen LogP) is 5.50. The molecule has 0 spiro atoms. The van der Waals surface area contributed by atoms with E-state index in [-0.39, 0.29) is 36.8 Å². The van der Waals surface area contributed by atoms with Crippen LogP contribution in [0.3, 0.4) is 0 Å². The van der Waals surface area contributed by atoms with E-state index in [2.05, 4.69) is 0 Å². The molecular formula is C30H36O8S2. The molecular weight excluding hydrogens is 552 g/mol. The molecule has 0 fully saturated rings. The normalized spacial score (nSPS) is 16.2. The van der Waals surface area contributed by atoms with Crippen molar-refractivity contribution in [1.29, 1.82) is 0 Å². The Kier molecular flexibility index (Phi) is 9.94. The summed E-state index contributed by atoms with van der Waals surface area (Å²) in [7, 11) is -6.95. The maximum Gasteiger partial charge on any atom is 0.338 e. The molecule has 5 rings (SSSR count). The SMILES string of the molecule is C.Cc1ccc(S(=O)(=O)C(C)C)cc1.Cc1ccc(S(=O)(=O)OCC2OCCc3c2ccc2c3COC2=O)cc1. The van der Waals surface area contributed by atoms with Crippen LogP contribution in [0.2, 0.25) is 0 Å². The molecule has 0 aliphatic carbocycles. The smallest absolute Gasteiger partial charge is 0.338 e. The van der Waals surface area contributed by atoms with Crippen LogP contribution in [0.15, 0.2) is 70.5 Å². The second kappa shape index (κ2) is 12.6. The van der Waals surface area contributed by atoms with Crippen LogP contribution in [0.4, 0.5) is 0 Å². The Morgan fingerprint density at radius 2 is 1.43 bits per heavy atom. The number of hydrogen-bond acceptors (Lipinski definition) is 8. The van der Waals surface area contributed by atoms with Crippen molar-refractivity contribution >= 4 is 25.9 Å². The van der Waals surface area contributed by atoms with Crippen LogP contribution in [0.1, 0.15) is 65.6 Å². The number of esters is 1. The van der Waals surface area contributed by atoms with E-state index in [1.54, 1.807) is 50.2 Å². The third kappa shape index (κ3) is 6.80. The predicted molar refractivity (Wildman–Crippen MR) is 153 cm³/mol. The molecule has 0 saturated heterocycles. The Morgan fingerprint density at radius 1 is 0.850 bits per heavy atom. The average Bonchev–Trinajstić information content (AvgIpc) is 3.29. The topological polar surface area (TPSA) is 113 Å². The summed E-state index contributed by atoms with van der Waals surface area (Å²) in [5, 5.41) is -0.352. The van der Waals surface area contributed by atoms with Gasteiger partial charge in [-0.3, -0.25) is 4.18 Å². The second-order valence-electron chi connectivity index (χ2n) is 9.80. The molecule has 0 aromatic heterocycles. The van der Waals surface area contributed by atoms with Gasteiger partial charge in [0.05, 0.1) is 33.8 Å². The lowest BCUT2D eigenvalue weighted by Crippen LogP contribution is -2.23. The van der Waals surface area contributed by atoms with E-state index in [9.17, 15) is 21.6 Å². The van der Waals surface area contributed by atoms with Crippen molar-refractivity contribution < 1.29 is 35.3 Å². The first-order chi connectivity index (χ1) is 18.4. The van der Waals surface area contributed by atoms with Crippen molar-refractivity contribution in [3.63, 3.8) is 0 Å². The van der Waals surface area contributed by atoms with Crippen molar-refractivity contribution in [3.8, 4) is 0 Å². The fourth-order valence-electron chi connectivity index (χ4n) is 4.33. The molecule has 0 radical (unpaired) electrons. The lowest BCUT2D eigenvalue weighted by Gasteiger charge is -2.27. The highest BCUT2D eigenvalue weighted by Crippen LogP contribution is 2.35. The molecule has 0 bridgehead atoms. The Bertz CT molecular complexity index is 1560. The molecule has 3 aromatic rings.